The number of rotatable bonds is 10. The number of carbonyl (C=O) groups excluding carboxylic acids is 1. The van der Waals surface area contributed by atoms with Crippen molar-refractivity contribution in [1.29, 1.82) is 0 Å². The maximum Gasteiger partial charge on any atom is 0.249 e. The molecule has 8 nitrogen and oxygen atoms in total. The number of nitrogens with zero attached hydrogens (tertiary/aromatic N) is 1. The molecule has 1 amide bonds. The van der Waals surface area contributed by atoms with Gasteiger partial charge in [0.05, 0.1) is 30.9 Å². The van der Waals surface area contributed by atoms with Crippen molar-refractivity contribution in [3.05, 3.63) is 64.9 Å². The highest BCUT2D eigenvalue weighted by atomic mass is 19.1. The molecule has 0 spiro atoms. The Bertz CT molecular complexity index is 991. The summed E-state index contributed by atoms with van der Waals surface area (Å²) in [5.74, 6) is -1.22. The molecule has 9 heteroatoms. The number of ether oxygens (including phenoxy) is 2. The van der Waals surface area contributed by atoms with Crippen LogP contribution in [-0.2, 0) is 20.9 Å². The fraction of sp³-hybridized carbons (Fsp3) is 0.440. The molecule has 1 aromatic rings. The molecule has 1 unspecified atom stereocenters. The monoisotopic (exact) mass is 471 g/mol. The van der Waals surface area contributed by atoms with Gasteiger partial charge in [0, 0.05) is 31.5 Å². The van der Waals surface area contributed by atoms with E-state index in [1.807, 2.05) is 18.2 Å². The van der Waals surface area contributed by atoms with Gasteiger partial charge < -0.3 is 31.6 Å². The number of nitrogens with two attached hydrogens (primary N) is 2. The van der Waals surface area contributed by atoms with Crippen LogP contribution in [0.3, 0.4) is 0 Å². The number of hydrogen-bond donors (Lipinski definition) is 4. The molecule has 1 saturated carbocycles. The number of methoxy groups -OCH3 is 1. The summed E-state index contributed by atoms with van der Waals surface area (Å²) in [6.07, 6.45) is 6.36. The van der Waals surface area contributed by atoms with E-state index < -0.39 is 17.3 Å². The van der Waals surface area contributed by atoms with Crippen LogP contribution in [0.2, 0.25) is 0 Å². The Hall–Kier alpha value is -3.01. The lowest BCUT2D eigenvalue weighted by Gasteiger charge is -2.46. The fourth-order valence-corrected chi connectivity index (χ4v) is 4.41. The number of primary amides is 1. The van der Waals surface area contributed by atoms with Crippen LogP contribution in [0.15, 0.2) is 58.8 Å². The zero-order chi connectivity index (χ0) is 24.6. The number of hydrogen-bond acceptors (Lipinski definition) is 7. The highest BCUT2D eigenvalue weighted by molar-refractivity contribution is 6.09. The smallest absolute Gasteiger partial charge is 0.249 e. The van der Waals surface area contributed by atoms with Crippen LogP contribution in [0.5, 0.6) is 0 Å². The second kappa shape index (κ2) is 11.9. The molecule has 0 radical (unpaired) electrons. The number of fused-ring (bicyclic) bond motifs is 1. The standard InChI is InChI=1S/C25H34FN5O3/c1-29-14-20(18-8-4-3-7-17(18)15-34-12-11-33-2)19(23(27)32)13-21(26)24-30-16-25(28)10-6-5-9-22(25)31-24/h3-4,7-8,13-14,22,30-31H,1,5-6,9-12,15-16,28H2,2H3,(H2,27,32)/b19-13+,20-14+,24-21-/t22?,25-/m1/s1. The summed E-state index contributed by atoms with van der Waals surface area (Å²) < 4.78 is 26.1. The molecule has 0 aromatic heterocycles. The molecule has 184 valence electrons. The van der Waals surface area contributed by atoms with E-state index >= 15 is 4.39 Å². The van der Waals surface area contributed by atoms with Gasteiger partial charge in [0.25, 0.3) is 0 Å². The van der Waals surface area contributed by atoms with Gasteiger partial charge in [-0.3, -0.25) is 9.79 Å². The fourth-order valence-electron chi connectivity index (χ4n) is 4.41. The Labute approximate surface area is 200 Å². The Morgan fingerprint density at radius 3 is 2.88 bits per heavy atom. The molecular formula is C25H34FN5O3. The average molecular weight is 472 g/mol. The van der Waals surface area contributed by atoms with Crippen molar-refractivity contribution in [3.63, 3.8) is 0 Å². The summed E-state index contributed by atoms with van der Waals surface area (Å²) in [6.45, 7) is 5.09. The summed E-state index contributed by atoms with van der Waals surface area (Å²) in [7, 11) is 1.60. The first-order chi connectivity index (χ1) is 16.4. The van der Waals surface area contributed by atoms with Gasteiger partial charge in [-0.25, -0.2) is 4.39 Å². The van der Waals surface area contributed by atoms with Crippen LogP contribution >= 0.6 is 0 Å². The van der Waals surface area contributed by atoms with Crippen LogP contribution in [0.25, 0.3) is 5.57 Å². The number of carbonyl (C=O) groups is 1. The molecule has 1 saturated heterocycles. The van der Waals surface area contributed by atoms with Crippen molar-refractivity contribution >= 4 is 18.2 Å². The van der Waals surface area contributed by atoms with Crippen molar-refractivity contribution < 1.29 is 18.7 Å². The Kier molecular flexibility index (Phi) is 8.98. The van der Waals surface area contributed by atoms with E-state index in [2.05, 4.69) is 22.3 Å². The first-order valence-corrected chi connectivity index (χ1v) is 11.4. The van der Waals surface area contributed by atoms with Gasteiger partial charge in [0.2, 0.25) is 5.91 Å². The van der Waals surface area contributed by atoms with Crippen molar-refractivity contribution in [2.75, 3.05) is 26.9 Å². The summed E-state index contributed by atoms with van der Waals surface area (Å²) in [4.78, 5) is 16.3. The molecule has 2 atom stereocenters. The molecule has 1 heterocycles. The third kappa shape index (κ3) is 6.11. The molecule has 6 N–H and O–H groups in total. The first kappa shape index (κ1) is 25.6. The number of allylic oxidation sites excluding steroid dienone is 2. The molecule has 2 fully saturated rings. The molecule has 1 aliphatic heterocycles. The van der Waals surface area contributed by atoms with E-state index in [1.165, 1.54) is 6.20 Å². The lowest BCUT2D eigenvalue weighted by Crippen LogP contribution is -2.68. The van der Waals surface area contributed by atoms with Gasteiger partial charge in [-0.1, -0.05) is 37.1 Å². The number of nitrogens with one attached hydrogen (secondary N) is 2. The lowest BCUT2D eigenvalue weighted by molar-refractivity contribution is -0.114. The average Bonchev–Trinajstić information content (AvgIpc) is 2.83. The number of halogens is 1. The topological polar surface area (TPSA) is 124 Å². The van der Waals surface area contributed by atoms with Gasteiger partial charge in [-0.05, 0) is 36.8 Å². The summed E-state index contributed by atoms with van der Waals surface area (Å²) in [6, 6.07) is 7.29. The first-order valence-electron chi connectivity index (χ1n) is 11.4. The Morgan fingerprint density at radius 1 is 1.35 bits per heavy atom. The van der Waals surface area contributed by atoms with Crippen LogP contribution < -0.4 is 22.1 Å². The van der Waals surface area contributed by atoms with Gasteiger partial charge in [0.15, 0.2) is 5.83 Å². The van der Waals surface area contributed by atoms with E-state index in [-0.39, 0.29) is 24.0 Å². The summed E-state index contributed by atoms with van der Waals surface area (Å²) >= 11 is 0. The lowest BCUT2D eigenvalue weighted by atomic mass is 9.77. The molecule has 2 aliphatic rings. The Morgan fingerprint density at radius 2 is 2.15 bits per heavy atom. The van der Waals surface area contributed by atoms with Crippen molar-refractivity contribution in [3.8, 4) is 0 Å². The highest BCUT2D eigenvalue weighted by Crippen LogP contribution is 2.31. The van der Waals surface area contributed by atoms with Gasteiger partial charge in [-0.15, -0.1) is 0 Å². The molecular weight excluding hydrogens is 437 g/mol. The van der Waals surface area contributed by atoms with E-state index in [0.717, 1.165) is 37.3 Å². The second-order valence-electron chi connectivity index (χ2n) is 8.60. The minimum absolute atomic E-state index is 0.0291. The van der Waals surface area contributed by atoms with Gasteiger partial charge >= 0.3 is 0 Å². The third-order valence-corrected chi connectivity index (χ3v) is 6.27. The number of benzene rings is 1. The number of amides is 1. The zero-order valence-corrected chi connectivity index (χ0v) is 19.6. The molecule has 3 rings (SSSR count). The normalized spacial score (nSPS) is 24.5. The predicted octanol–water partition coefficient (Wildman–Crippen LogP) is 2.27. The van der Waals surface area contributed by atoms with E-state index in [9.17, 15) is 4.79 Å². The quantitative estimate of drug-likeness (QED) is 0.180. The third-order valence-electron chi connectivity index (χ3n) is 6.27. The SMILES string of the molecule is C=N/C=C(/C(=C\C(F)=C1/NC[C@]2(N)CCCCC2N1)C(N)=O)c1ccccc1COCCOC. The Balaban J connectivity index is 1.93. The highest BCUT2D eigenvalue weighted by Gasteiger charge is 2.41. The summed E-state index contributed by atoms with van der Waals surface area (Å²) in [5, 5.41) is 6.24. The maximum absolute atomic E-state index is 15.4. The molecule has 34 heavy (non-hydrogen) atoms. The maximum atomic E-state index is 15.4. The van der Waals surface area contributed by atoms with Crippen molar-refractivity contribution in [1.82, 2.24) is 10.6 Å². The van der Waals surface area contributed by atoms with E-state index in [0.29, 0.717) is 30.9 Å². The molecule has 1 aliphatic carbocycles. The minimum Gasteiger partial charge on any atom is -0.382 e. The van der Waals surface area contributed by atoms with Gasteiger partial charge in [-0.2, -0.15) is 0 Å². The van der Waals surface area contributed by atoms with Gasteiger partial charge in [0.1, 0.15) is 5.82 Å². The van der Waals surface area contributed by atoms with Crippen LogP contribution in [0, 0.1) is 0 Å². The second-order valence-corrected chi connectivity index (χ2v) is 8.60. The zero-order valence-electron chi connectivity index (χ0n) is 19.6. The van der Waals surface area contributed by atoms with Crippen LogP contribution in [-0.4, -0.2) is 51.1 Å². The summed E-state index contributed by atoms with van der Waals surface area (Å²) in [5.41, 5.74) is 13.5. The molecule has 0 bridgehead atoms. The van der Waals surface area contributed by atoms with Crippen molar-refractivity contribution in [2.24, 2.45) is 16.5 Å². The van der Waals surface area contributed by atoms with Crippen molar-refractivity contribution in [2.45, 2.75) is 43.9 Å². The van der Waals surface area contributed by atoms with Crippen LogP contribution in [0.4, 0.5) is 4.39 Å². The molecule has 1 aromatic carbocycles. The number of aliphatic imine (C=N–C) groups is 1. The minimum atomic E-state index is -0.789. The van der Waals surface area contributed by atoms with E-state index in [1.54, 1.807) is 13.2 Å². The predicted molar refractivity (Wildman–Crippen MR) is 131 cm³/mol. The van der Waals surface area contributed by atoms with E-state index in [4.69, 9.17) is 20.9 Å². The van der Waals surface area contributed by atoms with Crippen LogP contribution in [0.1, 0.15) is 36.8 Å². The largest absolute Gasteiger partial charge is 0.382 e.